The van der Waals surface area contributed by atoms with Crippen LogP contribution in [0.25, 0.3) is 6.08 Å². The molecule has 0 unspecified atom stereocenters. The molecule has 0 aromatic heterocycles. The Labute approximate surface area is 155 Å². The second kappa shape index (κ2) is 8.93. The first-order valence-electron chi connectivity index (χ1n) is 8.80. The van der Waals surface area contributed by atoms with Crippen LogP contribution in [0.15, 0.2) is 96.6 Å². The molecule has 3 aromatic rings. The van der Waals surface area contributed by atoms with Crippen LogP contribution in [0, 0.1) is 0 Å². The van der Waals surface area contributed by atoms with Crippen molar-refractivity contribution in [3.63, 3.8) is 0 Å². The minimum atomic E-state index is 0.0781. The highest BCUT2D eigenvalue weighted by Crippen LogP contribution is 2.15. The molecular formula is C24H23NO. The summed E-state index contributed by atoms with van der Waals surface area (Å²) in [6.07, 6.45) is 2.00. The van der Waals surface area contributed by atoms with Gasteiger partial charge in [-0.05, 0) is 24.3 Å². The Balaban J connectivity index is 1.83. The zero-order valence-corrected chi connectivity index (χ0v) is 15.0. The molecule has 0 heterocycles. The fourth-order valence-electron chi connectivity index (χ4n) is 2.95. The van der Waals surface area contributed by atoms with Crippen molar-refractivity contribution in [2.24, 2.45) is 0 Å². The standard InChI is InChI=1S/C24H23NO/c1-25(18-21-13-7-3-8-14-21)19-23(17-20-11-5-2-6-12-20)24(26)22-15-9-4-10-16-22/h2-17H,18-19H2,1H3/b23-17-. The van der Waals surface area contributed by atoms with Crippen LogP contribution in [0.1, 0.15) is 21.5 Å². The van der Waals surface area contributed by atoms with E-state index in [-0.39, 0.29) is 5.78 Å². The average molecular weight is 341 g/mol. The van der Waals surface area contributed by atoms with Crippen molar-refractivity contribution in [2.45, 2.75) is 6.54 Å². The Morgan fingerprint density at radius 2 is 1.35 bits per heavy atom. The molecule has 3 rings (SSSR count). The normalized spacial score (nSPS) is 11.5. The van der Waals surface area contributed by atoms with Crippen LogP contribution < -0.4 is 0 Å². The van der Waals surface area contributed by atoms with Crippen LogP contribution in [0.2, 0.25) is 0 Å². The number of ketones is 1. The fourth-order valence-corrected chi connectivity index (χ4v) is 2.95. The number of hydrogen-bond donors (Lipinski definition) is 0. The number of likely N-dealkylation sites (N-methyl/N-ethyl adjacent to an activating group) is 1. The lowest BCUT2D eigenvalue weighted by molar-refractivity contribution is 0.102. The van der Waals surface area contributed by atoms with Crippen molar-refractivity contribution < 1.29 is 4.79 Å². The van der Waals surface area contributed by atoms with Crippen LogP contribution >= 0.6 is 0 Å². The molecule has 0 saturated carbocycles. The van der Waals surface area contributed by atoms with E-state index in [0.29, 0.717) is 6.54 Å². The molecule has 0 bridgehead atoms. The number of carbonyl (C=O) groups is 1. The van der Waals surface area contributed by atoms with Crippen molar-refractivity contribution >= 4 is 11.9 Å². The maximum atomic E-state index is 13.0. The zero-order valence-electron chi connectivity index (χ0n) is 15.0. The molecule has 0 radical (unpaired) electrons. The summed E-state index contributed by atoms with van der Waals surface area (Å²) in [7, 11) is 2.05. The number of Topliss-reactive ketones (excluding diaryl/α,β-unsaturated/α-hetero) is 1. The van der Waals surface area contributed by atoms with Crippen molar-refractivity contribution in [2.75, 3.05) is 13.6 Å². The highest BCUT2D eigenvalue weighted by atomic mass is 16.1. The van der Waals surface area contributed by atoms with Crippen LogP contribution in [-0.2, 0) is 6.54 Å². The molecule has 0 aliphatic heterocycles. The maximum absolute atomic E-state index is 13.0. The van der Waals surface area contributed by atoms with Gasteiger partial charge in [0.1, 0.15) is 0 Å². The largest absolute Gasteiger partial charge is 0.298 e. The molecule has 2 heteroatoms. The highest BCUT2D eigenvalue weighted by Gasteiger charge is 2.14. The maximum Gasteiger partial charge on any atom is 0.190 e. The molecule has 3 aromatic carbocycles. The van der Waals surface area contributed by atoms with Crippen molar-refractivity contribution in [3.8, 4) is 0 Å². The molecule has 0 atom stereocenters. The summed E-state index contributed by atoms with van der Waals surface area (Å²) in [6.45, 7) is 1.40. The first kappa shape index (κ1) is 17.8. The lowest BCUT2D eigenvalue weighted by atomic mass is 10.0. The predicted octanol–water partition coefficient (Wildman–Crippen LogP) is 5.08. The monoisotopic (exact) mass is 341 g/mol. The number of hydrogen-bond acceptors (Lipinski definition) is 2. The Bertz CT molecular complexity index is 854. The van der Waals surface area contributed by atoms with E-state index in [9.17, 15) is 4.79 Å². The number of nitrogens with zero attached hydrogens (tertiary/aromatic N) is 1. The molecule has 0 amide bonds. The van der Waals surface area contributed by atoms with Gasteiger partial charge in [0, 0.05) is 24.2 Å². The molecule has 0 saturated heterocycles. The topological polar surface area (TPSA) is 20.3 Å². The third-order valence-electron chi connectivity index (χ3n) is 4.20. The van der Waals surface area contributed by atoms with Gasteiger partial charge in [-0.2, -0.15) is 0 Å². The van der Waals surface area contributed by atoms with Crippen LogP contribution in [0.3, 0.4) is 0 Å². The SMILES string of the molecule is CN(C/C(=C/c1ccccc1)C(=O)c1ccccc1)Cc1ccccc1. The summed E-state index contributed by atoms with van der Waals surface area (Å²) in [5.74, 6) is 0.0781. The van der Waals surface area contributed by atoms with Crippen LogP contribution in [0.4, 0.5) is 0 Å². The van der Waals surface area contributed by atoms with Crippen molar-refractivity contribution in [3.05, 3.63) is 113 Å². The first-order chi connectivity index (χ1) is 12.7. The lowest BCUT2D eigenvalue weighted by Gasteiger charge is -2.18. The summed E-state index contributed by atoms with van der Waals surface area (Å²) in [4.78, 5) is 15.2. The van der Waals surface area contributed by atoms with Crippen molar-refractivity contribution in [1.29, 1.82) is 0 Å². The number of benzene rings is 3. The average Bonchev–Trinajstić information content (AvgIpc) is 2.69. The zero-order chi connectivity index (χ0) is 18.2. The second-order valence-electron chi connectivity index (χ2n) is 6.43. The number of rotatable bonds is 7. The quantitative estimate of drug-likeness (QED) is 0.441. The molecule has 130 valence electrons. The van der Waals surface area contributed by atoms with Crippen molar-refractivity contribution in [1.82, 2.24) is 4.90 Å². The number of carbonyl (C=O) groups excluding carboxylic acids is 1. The summed E-state index contributed by atoms with van der Waals surface area (Å²) in [5, 5.41) is 0. The molecular weight excluding hydrogens is 318 g/mol. The lowest BCUT2D eigenvalue weighted by Crippen LogP contribution is -2.24. The molecule has 0 fully saturated rings. The van der Waals surface area contributed by atoms with Gasteiger partial charge in [0.25, 0.3) is 0 Å². The van der Waals surface area contributed by atoms with Crippen LogP contribution in [-0.4, -0.2) is 24.3 Å². The molecule has 0 aliphatic rings. The molecule has 0 N–H and O–H groups in total. The summed E-state index contributed by atoms with van der Waals surface area (Å²) >= 11 is 0. The van der Waals surface area contributed by atoms with Gasteiger partial charge in [-0.1, -0.05) is 91.0 Å². The Morgan fingerprint density at radius 1 is 0.808 bits per heavy atom. The van der Waals surface area contributed by atoms with Gasteiger partial charge >= 0.3 is 0 Å². The molecule has 0 aliphatic carbocycles. The van der Waals surface area contributed by atoms with E-state index in [0.717, 1.165) is 23.2 Å². The molecule has 2 nitrogen and oxygen atoms in total. The smallest absolute Gasteiger partial charge is 0.190 e. The van der Waals surface area contributed by atoms with E-state index in [4.69, 9.17) is 0 Å². The van der Waals surface area contributed by atoms with Crippen LogP contribution in [0.5, 0.6) is 0 Å². The van der Waals surface area contributed by atoms with Gasteiger partial charge in [-0.3, -0.25) is 9.69 Å². The van der Waals surface area contributed by atoms with E-state index in [1.807, 2.05) is 92.0 Å². The second-order valence-corrected chi connectivity index (χ2v) is 6.43. The highest BCUT2D eigenvalue weighted by molar-refractivity contribution is 6.11. The van der Waals surface area contributed by atoms with Gasteiger partial charge in [0.15, 0.2) is 5.78 Å². The van der Waals surface area contributed by atoms with E-state index in [1.54, 1.807) is 0 Å². The Kier molecular flexibility index (Phi) is 6.13. The van der Waals surface area contributed by atoms with Gasteiger partial charge in [-0.25, -0.2) is 0 Å². The van der Waals surface area contributed by atoms with Gasteiger partial charge < -0.3 is 0 Å². The van der Waals surface area contributed by atoms with E-state index in [1.165, 1.54) is 5.56 Å². The van der Waals surface area contributed by atoms with E-state index < -0.39 is 0 Å². The first-order valence-corrected chi connectivity index (χ1v) is 8.80. The summed E-state index contributed by atoms with van der Waals surface area (Å²) < 4.78 is 0. The fraction of sp³-hybridized carbons (Fsp3) is 0.125. The Hall–Kier alpha value is -2.97. The molecule has 26 heavy (non-hydrogen) atoms. The summed E-state index contributed by atoms with van der Waals surface area (Å²) in [6, 6.07) is 29.8. The predicted molar refractivity (Wildman–Crippen MR) is 108 cm³/mol. The minimum absolute atomic E-state index is 0.0781. The Morgan fingerprint density at radius 3 is 1.96 bits per heavy atom. The van der Waals surface area contributed by atoms with E-state index >= 15 is 0 Å². The third kappa shape index (κ3) is 5.01. The molecule has 0 spiro atoms. The van der Waals surface area contributed by atoms with Gasteiger partial charge in [0.05, 0.1) is 0 Å². The van der Waals surface area contributed by atoms with Gasteiger partial charge in [-0.15, -0.1) is 0 Å². The minimum Gasteiger partial charge on any atom is -0.298 e. The third-order valence-corrected chi connectivity index (χ3v) is 4.20. The summed E-state index contributed by atoms with van der Waals surface area (Å²) in [5.41, 5.74) is 3.80. The van der Waals surface area contributed by atoms with Gasteiger partial charge in [0.2, 0.25) is 0 Å². The van der Waals surface area contributed by atoms with E-state index in [2.05, 4.69) is 17.0 Å².